The Bertz CT molecular complexity index is 722. The van der Waals surface area contributed by atoms with Crippen molar-refractivity contribution in [3.63, 3.8) is 0 Å². The summed E-state index contributed by atoms with van der Waals surface area (Å²) < 4.78 is 10.8. The lowest BCUT2D eigenvalue weighted by atomic mass is 10.1. The van der Waals surface area contributed by atoms with Gasteiger partial charge in [0.25, 0.3) is 0 Å². The summed E-state index contributed by atoms with van der Waals surface area (Å²) in [6, 6.07) is 12.8. The standard InChI is InChI=1S/C24H36N4O2/c1-2-29-17-6-13-25-24(26-14-12-23-7-5-18-30-23)27-19-21-8-10-22(11-9-21)20-28-15-3-4-16-28/h5,7-11,18H,2-4,6,12-17,19-20H2,1H3,(H2,25,26,27). The number of nitrogens with zero attached hydrogens (tertiary/aromatic N) is 2. The highest BCUT2D eigenvalue weighted by Crippen LogP contribution is 2.13. The van der Waals surface area contributed by atoms with Crippen LogP contribution in [-0.2, 0) is 24.2 Å². The van der Waals surface area contributed by atoms with E-state index in [4.69, 9.17) is 14.1 Å². The molecule has 0 atom stereocenters. The monoisotopic (exact) mass is 412 g/mol. The van der Waals surface area contributed by atoms with E-state index in [0.29, 0.717) is 6.54 Å². The van der Waals surface area contributed by atoms with Crippen LogP contribution in [0.4, 0.5) is 0 Å². The van der Waals surface area contributed by atoms with Crippen molar-refractivity contribution in [3.05, 3.63) is 59.5 Å². The second-order valence-electron chi connectivity index (χ2n) is 7.70. The summed E-state index contributed by atoms with van der Waals surface area (Å²) in [5.41, 5.74) is 2.61. The van der Waals surface area contributed by atoms with Crippen molar-refractivity contribution >= 4 is 5.96 Å². The van der Waals surface area contributed by atoms with Crippen molar-refractivity contribution in [1.82, 2.24) is 15.5 Å². The van der Waals surface area contributed by atoms with Gasteiger partial charge in [0.2, 0.25) is 0 Å². The minimum absolute atomic E-state index is 0.658. The predicted octanol–water partition coefficient (Wildman–Crippen LogP) is 3.58. The Morgan fingerprint density at radius 3 is 2.57 bits per heavy atom. The van der Waals surface area contributed by atoms with E-state index in [-0.39, 0.29) is 0 Å². The number of furan rings is 1. The highest BCUT2D eigenvalue weighted by molar-refractivity contribution is 5.79. The molecule has 2 aromatic rings. The van der Waals surface area contributed by atoms with E-state index in [1.54, 1.807) is 6.26 Å². The van der Waals surface area contributed by atoms with Gasteiger partial charge in [0, 0.05) is 39.3 Å². The second-order valence-corrected chi connectivity index (χ2v) is 7.70. The number of nitrogens with one attached hydrogen (secondary N) is 2. The van der Waals surface area contributed by atoms with E-state index in [0.717, 1.165) is 57.4 Å². The molecule has 1 saturated heterocycles. The summed E-state index contributed by atoms with van der Waals surface area (Å²) in [6.07, 6.45) is 6.17. The lowest BCUT2D eigenvalue weighted by Crippen LogP contribution is -2.39. The van der Waals surface area contributed by atoms with Gasteiger partial charge in [-0.3, -0.25) is 4.90 Å². The van der Waals surface area contributed by atoms with Crippen LogP contribution in [-0.4, -0.2) is 50.3 Å². The summed E-state index contributed by atoms with van der Waals surface area (Å²) in [5.74, 6) is 1.81. The van der Waals surface area contributed by atoms with E-state index in [9.17, 15) is 0 Å². The molecule has 0 aliphatic carbocycles. The summed E-state index contributed by atoms with van der Waals surface area (Å²) in [7, 11) is 0. The molecule has 1 aliphatic rings. The fraction of sp³-hybridized carbons (Fsp3) is 0.542. The van der Waals surface area contributed by atoms with E-state index in [1.807, 2.05) is 19.1 Å². The van der Waals surface area contributed by atoms with Gasteiger partial charge in [0.15, 0.2) is 5.96 Å². The number of ether oxygens (including phenoxy) is 1. The molecule has 1 fully saturated rings. The maximum atomic E-state index is 5.42. The van der Waals surface area contributed by atoms with Crippen molar-refractivity contribution < 1.29 is 9.15 Å². The van der Waals surface area contributed by atoms with E-state index >= 15 is 0 Å². The van der Waals surface area contributed by atoms with Crippen molar-refractivity contribution in [3.8, 4) is 0 Å². The van der Waals surface area contributed by atoms with E-state index in [1.165, 1.54) is 37.1 Å². The van der Waals surface area contributed by atoms with Crippen molar-refractivity contribution in [1.29, 1.82) is 0 Å². The zero-order valence-corrected chi connectivity index (χ0v) is 18.2. The zero-order valence-electron chi connectivity index (χ0n) is 18.2. The fourth-order valence-corrected chi connectivity index (χ4v) is 3.58. The lowest BCUT2D eigenvalue weighted by molar-refractivity contribution is 0.145. The van der Waals surface area contributed by atoms with Gasteiger partial charge in [-0.05, 0) is 62.5 Å². The molecule has 1 aliphatic heterocycles. The normalized spacial score (nSPS) is 14.9. The molecular weight excluding hydrogens is 376 g/mol. The second kappa shape index (κ2) is 13.1. The Balaban J connectivity index is 1.48. The average molecular weight is 413 g/mol. The molecule has 0 bridgehead atoms. The van der Waals surface area contributed by atoms with Gasteiger partial charge >= 0.3 is 0 Å². The number of aliphatic imine (C=N–C) groups is 1. The van der Waals surface area contributed by atoms with Gasteiger partial charge in [-0.25, -0.2) is 4.99 Å². The quantitative estimate of drug-likeness (QED) is 0.317. The minimum Gasteiger partial charge on any atom is -0.469 e. The van der Waals surface area contributed by atoms with Gasteiger partial charge in [0.05, 0.1) is 12.8 Å². The maximum Gasteiger partial charge on any atom is 0.191 e. The van der Waals surface area contributed by atoms with Crippen LogP contribution in [0.15, 0.2) is 52.1 Å². The third-order valence-electron chi connectivity index (χ3n) is 5.25. The van der Waals surface area contributed by atoms with Crippen LogP contribution in [0.2, 0.25) is 0 Å². The molecule has 0 spiro atoms. The first-order chi connectivity index (χ1) is 14.8. The molecule has 30 heavy (non-hydrogen) atoms. The van der Waals surface area contributed by atoms with Gasteiger partial charge in [-0.2, -0.15) is 0 Å². The van der Waals surface area contributed by atoms with Gasteiger partial charge < -0.3 is 19.8 Å². The molecule has 6 nitrogen and oxygen atoms in total. The maximum absolute atomic E-state index is 5.42. The molecule has 2 N–H and O–H groups in total. The molecular formula is C24H36N4O2. The third-order valence-corrected chi connectivity index (χ3v) is 5.25. The highest BCUT2D eigenvalue weighted by Gasteiger charge is 2.11. The molecule has 6 heteroatoms. The van der Waals surface area contributed by atoms with Crippen LogP contribution in [0.25, 0.3) is 0 Å². The summed E-state index contributed by atoms with van der Waals surface area (Å²) in [4.78, 5) is 7.30. The molecule has 1 aromatic heterocycles. The lowest BCUT2D eigenvalue weighted by Gasteiger charge is -2.15. The molecule has 0 amide bonds. The van der Waals surface area contributed by atoms with E-state index in [2.05, 4.69) is 39.8 Å². The predicted molar refractivity (Wildman–Crippen MR) is 122 cm³/mol. The summed E-state index contributed by atoms with van der Waals surface area (Å²) in [5, 5.41) is 6.82. The van der Waals surface area contributed by atoms with Crippen LogP contribution >= 0.6 is 0 Å². The molecule has 3 rings (SSSR count). The largest absolute Gasteiger partial charge is 0.469 e. The summed E-state index contributed by atoms with van der Waals surface area (Å²) >= 11 is 0. The molecule has 2 heterocycles. The van der Waals surface area contributed by atoms with Gasteiger partial charge in [-0.15, -0.1) is 0 Å². The summed E-state index contributed by atoms with van der Waals surface area (Å²) in [6.45, 7) is 9.34. The number of hydrogen-bond acceptors (Lipinski definition) is 4. The molecule has 1 aromatic carbocycles. The number of hydrogen-bond donors (Lipinski definition) is 2. The Labute approximate surface area is 180 Å². The van der Waals surface area contributed by atoms with Gasteiger partial charge in [0.1, 0.15) is 5.76 Å². The van der Waals surface area contributed by atoms with Gasteiger partial charge in [-0.1, -0.05) is 24.3 Å². The molecule has 164 valence electrons. The fourth-order valence-electron chi connectivity index (χ4n) is 3.58. The first-order valence-electron chi connectivity index (χ1n) is 11.3. The van der Waals surface area contributed by atoms with Crippen LogP contribution in [0.3, 0.4) is 0 Å². The smallest absolute Gasteiger partial charge is 0.191 e. The average Bonchev–Trinajstić information content (AvgIpc) is 3.47. The molecule has 0 radical (unpaired) electrons. The van der Waals surface area contributed by atoms with E-state index < -0.39 is 0 Å². The van der Waals surface area contributed by atoms with Crippen LogP contribution in [0.5, 0.6) is 0 Å². The van der Waals surface area contributed by atoms with Crippen molar-refractivity contribution in [2.45, 2.75) is 45.7 Å². The zero-order chi connectivity index (χ0) is 20.9. The third kappa shape index (κ3) is 8.20. The highest BCUT2D eigenvalue weighted by atomic mass is 16.5. The number of rotatable bonds is 12. The Kier molecular flexibility index (Phi) is 9.76. The molecule has 0 unspecified atom stereocenters. The number of guanidine groups is 1. The van der Waals surface area contributed by atoms with Crippen LogP contribution in [0.1, 0.15) is 43.1 Å². The topological polar surface area (TPSA) is 62.0 Å². The number of benzene rings is 1. The minimum atomic E-state index is 0.658. The molecule has 0 saturated carbocycles. The Morgan fingerprint density at radius 2 is 1.83 bits per heavy atom. The Morgan fingerprint density at radius 1 is 1.07 bits per heavy atom. The van der Waals surface area contributed by atoms with Crippen LogP contribution < -0.4 is 10.6 Å². The van der Waals surface area contributed by atoms with Crippen molar-refractivity contribution in [2.24, 2.45) is 4.99 Å². The Hall–Kier alpha value is -2.31. The van der Waals surface area contributed by atoms with Crippen molar-refractivity contribution in [2.75, 3.05) is 39.4 Å². The first kappa shape index (κ1) is 22.4. The number of likely N-dealkylation sites (tertiary alicyclic amines) is 1. The van der Waals surface area contributed by atoms with Crippen LogP contribution in [0, 0.1) is 0 Å². The first-order valence-corrected chi connectivity index (χ1v) is 11.3. The SMILES string of the molecule is CCOCCCNC(=NCc1ccc(CN2CCCC2)cc1)NCCc1ccco1.